The Morgan fingerprint density at radius 2 is 2.12 bits per heavy atom. The Morgan fingerprint density at radius 1 is 1.41 bits per heavy atom. The molecule has 0 aromatic heterocycles. The number of nitrogens with zero attached hydrogens (tertiary/aromatic N) is 1. The van der Waals surface area contributed by atoms with Crippen molar-refractivity contribution in [1.82, 2.24) is 4.90 Å². The van der Waals surface area contributed by atoms with E-state index in [9.17, 15) is 4.79 Å². The summed E-state index contributed by atoms with van der Waals surface area (Å²) in [4.78, 5) is 13.3. The molecule has 0 fully saturated rings. The van der Waals surface area contributed by atoms with E-state index in [4.69, 9.17) is 16.3 Å². The fourth-order valence-corrected chi connectivity index (χ4v) is 1.71. The molecule has 1 amide bonds. The fraction of sp³-hybridized carbons (Fsp3) is 0.462. The van der Waals surface area contributed by atoms with Crippen molar-refractivity contribution in [3.63, 3.8) is 0 Å². The molecule has 0 spiro atoms. The second-order valence-corrected chi connectivity index (χ2v) is 4.11. The molecule has 0 aliphatic carbocycles. The minimum absolute atomic E-state index is 0.0475. The predicted octanol–water partition coefficient (Wildman–Crippen LogP) is 2.67. The van der Waals surface area contributed by atoms with Gasteiger partial charge in [0, 0.05) is 31.5 Å². The molecule has 0 heterocycles. The first kappa shape index (κ1) is 13.8. The zero-order chi connectivity index (χ0) is 12.7. The van der Waals surface area contributed by atoms with Gasteiger partial charge in [-0.05, 0) is 13.0 Å². The second kappa shape index (κ2) is 7.17. The maximum Gasteiger partial charge on any atom is 0.223 e. The molecule has 0 atom stereocenters. The van der Waals surface area contributed by atoms with Gasteiger partial charge in [-0.2, -0.15) is 0 Å². The lowest BCUT2D eigenvalue weighted by molar-refractivity contribution is -0.130. The second-order valence-electron chi connectivity index (χ2n) is 3.73. The highest BCUT2D eigenvalue weighted by Crippen LogP contribution is 2.19. The minimum atomic E-state index is 0.0475. The summed E-state index contributed by atoms with van der Waals surface area (Å²) in [5.74, 6) is 1.24. The molecular formula is C13H18ClNO2. The molecule has 1 rings (SSSR count). The van der Waals surface area contributed by atoms with E-state index in [1.54, 1.807) is 11.9 Å². The zero-order valence-electron chi connectivity index (χ0n) is 10.3. The van der Waals surface area contributed by atoms with Crippen molar-refractivity contribution in [3.05, 3.63) is 29.8 Å². The van der Waals surface area contributed by atoms with Crippen molar-refractivity contribution in [1.29, 1.82) is 0 Å². The number of carbonyl (C=O) groups is 1. The predicted molar refractivity (Wildman–Crippen MR) is 69.4 cm³/mol. The van der Waals surface area contributed by atoms with Crippen molar-refractivity contribution >= 4 is 17.5 Å². The molecule has 0 radical (unpaired) electrons. The summed E-state index contributed by atoms with van der Waals surface area (Å²) in [6, 6.07) is 7.75. The first-order chi connectivity index (χ1) is 8.19. The van der Waals surface area contributed by atoms with Gasteiger partial charge >= 0.3 is 0 Å². The number of ether oxygens (including phenoxy) is 1. The summed E-state index contributed by atoms with van der Waals surface area (Å²) in [6.45, 7) is 3.11. The highest BCUT2D eigenvalue weighted by atomic mass is 35.5. The number of alkyl halides is 1. The molecule has 17 heavy (non-hydrogen) atoms. The van der Waals surface area contributed by atoms with Gasteiger partial charge in [0.05, 0.1) is 6.61 Å². The molecule has 0 aliphatic heterocycles. The quantitative estimate of drug-likeness (QED) is 0.732. The molecule has 0 aliphatic rings. The third-order valence-corrected chi connectivity index (χ3v) is 2.60. The summed E-state index contributed by atoms with van der Waals surface area (Å²) in [5, 5.41) is 0. The average Bonchev–Trinajstić information content (AvgIpc) is 2.32. The van der Waals surface area contributed by atoms with Crippen LogP contribution in [0.2, 0.25) is 0 Å². The van der Waals surface area contributed by atoms with Crippen molar-refractivity contribution in [2.45, 2.75) is 19.9 Å². The lowest BCUT2D eigenvalue weighted by Gasteiger charge is -2.18. The standard InChI is InChI=1S/C13H18ClNO2/c1-3-17-12-7-5-4-6-11(12)10-15(2)13(16)8-9-14/h4-7H,3,8-10H2,1-2H3. The van der Waals surface area contributed by atoms with E-state index in [0.717, 1.165) is 11.3 Å². The van der Waals surface area contributed by atoms with Gasteiger partial charge in [-0.1, -0.05) is 18.2 Å². The third kappa shape index (κ3) is 4.27. The number of hydrogen-bond donors (Lipinski definition) is 0. The van der Waals surface area contributed by atoms with Crippen LogP contribution in [0.5, 0.6) is 5.75 Å². The molecular weight excluding hydrogens is 238 g/mol. The van der Waals surface area contributed by atoms with Gasteiger partial charge < -0.3 is 9.64 Å². The van der Waals surface area contributed by atoms with E-state index in [1.807, 2.05) is 31.2 Å². The smallest absolute Gasteiger partial charge is 0.223 e. The first-order valence-corrected chi connectivity index (χ1v) is 6.23. The van der Waals surface area contributed by atoms with Gasteiger partial charge in [0.1, 0.15) is 5.75 Å². The van der Waals surface area contributed by atoms with Crippen molar-refractivity contribution in [3.8, 4) is 5.75 Å². The summed E-state index contributed by atoms with van der Waals surface area (Å²) in [5.41, 5.74) is 1.01. The zero-order valence-corrected chi connectivity index (χ0v) is 11.0. The fourth-order valence-electron chi connectivity index (χ4n) is 1.55. The molecule has 94 valence electrons. The Kier molecular flexibility index (Phi) is 5.84. The topological polar surface area (TPSA) is 29.5 Å². The van der Waals surface area contributed by atoms with Gasteiger partial charge in [-0.25, -0.2) is 0 Å². The summed E-state index contributed by atoms with van der Waals surface area (Å²) < 4.78 is 5.51. The van der Waals surface area contributed by atoms with Crippen LogP contribution in [0.3, 0.4) is 0 Å². The lowest BCUT2D eigenvalue weighted by Crippen LogP contribution is -2.26. The minimum Gasteiger partial charge on any atom is -0.494 e. The van der Waals surface area contributed by atoms with E-state index < -0.39 is 0 Å². The van der Waals surface area contributed by atoms with Crippen molar-refractivity contribution in [2.75, 3.05) is 19.5 Å². The number of benzene rings is 1. The van der Waals surface area contributed by atoms with Gasteiger partial charge in [0.2, 0.25) is 5.91 Å². The van der Waals surface area contributed by atoms with Crippen LogP contribution < -0.4 is 4.74 Å². The molecule has 1 aromatic carbocycles. The van der Waals surface area contributed by atoms with Crippen LogP contribution in [0.1, 0.15) is 18.9 Å². The largest absolute Gasteiger partial charge is 0.494 e. The van der Waals surface area contributed by atoms with E-state index >= 15 is 0 Å². The number of rotatable bonds is 6. The molecule has 0 N–H and O–H groups in total. The Bertz CT molecular complexity index is 368. The number of halogens is 1. The molecule has 0 bridgehead atoms. The molecule has 0 saturated carbocycles. The number of hydrogen-bond acceptors (Lipinski definition) is 2. The Labute approximate surface area is 107 Å². The van der Waals surface area contributed by atoms with E-state index in [1.165, 1.54) is 0 Å². The van der Waals surface area contributed by atoms with Gasteiger partial charge in [0.15, 0.2) is 0 Å². The molecule has 3 nitrogen and oxygen atoms in total. The van der Waals surface area contributed by atoms with E-state index in [0.29, 0.717) is 25.5 Å². The van der Waals surface area contributed by atoms with Gasteiger partial charge in [0.25, 0.3) is 0 Å². The lowest BCUT2D eigenvalue weighted by atomic mass is 10.2. The Hall–Kier alpha value is -1.22. The van der Waals surface area contributed by atoms with Crippen LogP contribution in [-0.2, 0) is 11.3 Å². The average molecular weight is 256 g/mol. The van der Waals surface area contributed by atoms with Crippen LogP contribution in [0.4, 0.5) is 0 Å². The van der Waals surface area contributed by atoms with E-state index in [-0.39, 0.29) is 5.91 Å². The molecule has 4 heteroatoms. The molecule has 1 aromatic rings. The number of carbonyl (C=O) groups excluding carboxylic acids is 1. The van der Waals surface area contributed by atoms with Crippen LogP contribution in [-0.4, -0.2) is 30.3 Å². The Morgan fingerprint density at radius 3 is 2.76 bits per heavy atom. The van der Waals surface area contributed by atoms with Crippen LogP contribution in [0.15, 0.2) is 24.3 Å². The number of amides is 1. The van der Waals surface area contributed by atoms with Crippen molar-refractivity contribution < 1.29 is 9.53 Å². The third-order valence-electron chi connectivity index (χ3n) is 2.41. The van der Waals surface area contributed by atoms with Crippen LogP contribution in [0, 0.1) is 0 Å². The monoisotopic (exact) mass is 255 g/mol. The molecule has 0 saturated heterocycles. The first-order valence-electron chi connectivity index (χ1n) is 5.69. The highest BCUT2D eigenvalue weighted by Gasteiger charge is 2.11. The number of para-hydroxylation sites is 1. The normalized spacial score (nSPS) is 10.1. The van der Waals surface area contributed by atoms with E-state index in [2.05, 4.69) is 0 Å². The highest BCUT2D eigenvalue weighted by molar-refractivity contribution is 6.18. The summed E-state index contributed by atoms with van der Waals surface area (Å²) in [7, 11) is 1.78. The molecule has 0 unspecified atom stereocenters. The summed E-state index contributed by atoms with van der Waals surface area (Å²) >= 11 is 5.55. The SMILES string of the molecule is CCOc1ccccc1CN(C)C(=O)CCCl. The summed E-state index contributed by atoms with van der Waals surface area (Å²) in [6.07, 6.45) is 0.370. The maximum absolute atomic E-state index is 11.6. The van der Waals surface area contributed by atoms with Gasteiger partial charge in [-0.3, -0.25) is 4.79 Å². The van der Waals surface area contributed by atoms with Crippen LogP contribution >= 0.6 is 11.6 Å². The Balaban J connectivity index is 2.70. The van der Waals surface area contributed by atoms with Crippen molar-refractivity contribution in [2.24, 2.45) is 0 Å². The van der Waals surface area contributed by atoms with Crippen LogP contribution in [0.25, 0.3) is 0 Å². The maximum atomic E-state index is 11.6. The van der Waals surface area contributed by atoms with Gasteiger partial charge in [-0.15, -0.1) is 11.6 Å².